The van der Waals surface area contributed by atoms with Crippen molar-refractivity contribution in [2.45, 2.75) is 6.92 Å². The van der Waals surface area contributed by atoms with Crippen molar-refractivity contribution < 1.29 is 4.79 Å². The highest BCUT2D eigenvalue weighted by Crippen LogP contribution is 2.26. The van der Waals surface area contributed by atoms with E-state index in [0.717, 1.165) is 27.7 Å². The zero-order valence-corrected chi connectivity index (χ0v) is 16.5. The second-order valence-corrected chi connectivity index (χ2v) is 7.17. The molecule has 5 nitrogen and oxygen atoms in total. The molecule has 27 heavy (non-hydrogen) atoms. The number of aryl methyl sites for hydroxylation is 2. The molecule has 0 radical (unpaired) electrons. The third kappa shape index (κ3) is 3.36. The summed E-state index contributed by atoms with van der Waals surface area (Å²) in [4.78, 5) is 17.3. The van der Waals surface area contributed by atoms with Gasteiger partial charge in [-0.3, -0.25) is 9.48 Å². The van der Waals surface area contributed by atoms with E-state index in [4.69, 9.17) is 0 Å². The third-order valence-electron chi connectivity index (χ3n) is 4.43. The number of aromatic nitrogens is 3. The maximum Gasteiger partial charge on any atom is 0.276 e. The molecular weight excluding hydrogens is 404 g/mol. The molecule has 2 heterocycles. The molecule has 1 N–H and O–H groups in total. The number of para-hydroxylation sites is 1. The lowest BCUT2D eigenvalue weighted by atomic mass is 10.1. The van der Waals surface area contributed by atoms with Gasteiger partial charge in [0.25, 0.3) is 5.91 Å². The zero-order valence-electron chi connectivity index (χ0n) is 14.9. The molecule has 1 amide bonds. The fourth-order valence-electron chi connectivity index (χ4n) is 3.00. The summed E-state index contributed by atoms with van der Waals surface area (Å²) in [7, 11) is 1.81. The number of pyridine rings is 1. The summed E-state index contributed by atoms with van der Waals surface area (Å²) in [5.41, 5.74) is 4.10. The van der Waals surface area contributed by atoms with Crippen molar-refractivity contribution in [2.24, 2.45) is 7.05 Å². The van der Waals surface area contributed by atoms with Gasteiger partial charge in [0.2, 0.25) is 0 Å². The van der Waals surface area contributed by atoms with Crippen LogP contribution in [-0.2, 0) is 7.05 Å². The fraction of sp³-hybridized carbons (Fsp3) is 0.0952. The van der Waals surface area contributed by atoms with Crippen LogP contribution in [0.3, 0.4) is 0 Å². The van der Waals surface area contributed by atoms with E-state index in [1.54, 1.807) is 11.7 Å². The normalized spacial score (nSPS) is 10.9. The molecule has 0 saturated carbocycles. The lowest BCUT2D eigenvalue weighted by molar-refractivity contribution is 0.102. The highest BCUT2D eigenvalue weighted by atomic mass is 79.9. The van der Waals surface area contributed by atoms with Gasteiger partial charge in [-0.25, -0.2) is 4.98 Å². The number of fused-ring (bicyclic) bond motifs is 1. The molecule has 4 rings (SSSR count). The molecule has 2 aromatic heterocycles. The minimum absolute atomic E-state index is 0.285. The first-order valence-corrected chi connectivity index (χ1v) is 9.29. The SMILES string of the molecule is Cc1ccccc1-c1cc(NC(=O)c2nc3ccccc3cc2Br)n(C)n1. The molecule has 4 aromatic rings. The summed E-state index contributed by atoms with van der Waals surface area (Å²) in [5, 5.41) is 8.42. The number of carbonyl (C=O) groups excluding carboxylic acids is 1. The summed E-state index contributed by atoms with van der Waals surface area (Å²) < 4.78 is 2.31. The fourth-order valence-corrected chi connectivity index (χ4v) is 3.52. The van der Waals surface area contributed by atoms with Crippen LogP contribution in [0.1, 0.15) is 16.1 Å². The van der Waals surface area contributed by atoms with Crippen LogP contribution in [0.15, 0.2) is 65.1 Å². The van der Waals surface area contributed by atoms with Gasteiger partial charge in [0, 0.05) is 28.5 Å². The van der Waals surface area contributed by atoms with Gasteiger partial charge in [0.15, 0.2) is 0 Å². The average molecular weight is 421 g/mol. The maximum atomic E-state index is 12.8. The molecule has 0 aliphatic carbocycles. The smallest absolute Gasteiger partial charge is 0.276 e. The number of halogens is 1. The van der Waals surface area contributed by atoms with Crippen molar-refractivity contribution >= 4 is 38.6 Å². The molecule has 0 bridgehead atoms. The van der Waals surface area contributed by atoms with Gasteiger partial charge >= 0.3 is 0 Å². The van der Waals surface area contributed by atoms with Gasteiger partial charge in [-0.1, -0.05) is 42.5 Å². The molecule has 0 aliphatic rings. The third-order valence-corrected chi connectivity index (χ3v) is 5.04. The molecule has 0 fully saturated rings. The van der Waals surface area contributed by atoms with Crippen LogP contribution in [0, 0.1) is 6.92 Å². The monoisotopic (exact) mass is 420 g/mol. The molecule has 0 unspecified atom stereocenters. The number of benzene rings is 2. The number of hydrogen-bond acceptors (Lipinski definition) is 3. The second kappa shape index (κ2) is 6.96. The molecule has 0 atom stereocenters. The van der Waals surface area contributed by atoms with E-state index >= 15 is 0 Å². The van der Waals surface area contributed by atoms with Gasteiger partial charge in [-0.05, 0) is 40.5 Å². The van der Waals surface area contributed by atoms with Crippen molar-refractivity contribution in [1.29, 1.82) is 0 Å². The predicted octanol–water partition coefficient (Wildman–Crippen LogP) is 4.96. The Bertz CT molecular complexity index is 1170. The molecular formula is C21H17BrN4O. The maximum absolute atomic E-state index is 12.8. The number of hydrogen-bond donors (Lipinski definition) is 1. The molecule has 6 heteroatoms. The van der Waals surface area contributed by atoms with E-state index in [2.05, 4.69) is 31.3 Å². The Morgan fingerprint density at radius 1 is 1.07 bits per heavy atom. The Hall–Kier alpha value is -2.99. The zero-order chi connectivity index (χ0) is 19.0. The van der Waals surface area contributed by atoms with Crippen LogP contribution in [0.2, 0.25) is 0 Å². The van der Waals surface area contributed by atoms with Crippen LogP contribution in [0.5, 0.6) is 0 Å². The predicted molar refractivity (Wildman–Crippen MR) is 111 cm³/mol. The molecule has 0 spiro atoms. The number of amides is 1. The molecule has 2 aromatic carbocycles. The van der Waals surface area contributed by atoms with Crippen molar-refractivity contribution in [3.63, 3.8) is 0 Å². The minimum Gasteiger partial charge on any atom is -0.305 e. The number of rotatable bonds is 3. The van der Waals surface area contributed by atoms with E-state index in [9.17, 15) is 4.79 Å². The quantitative estimate of drug-likeness (QED) is 0.509. The van der Waals surface area contributed by atoms with E-state index in [1.165, 1.54) is 0 Å². The van der Waals surface area contributed by atoms with Crippen molar-refractivity contribution in [2.75, 3.05) is 5.32 Å². The largest absolute Gasteiger partial charge is 0.305 e. The Morgan fingerprint density at radius 2 is 1.81 bits per heavy atom. The van der Waals surface area contributed by atoms with E-state index < -0.39 is 0 Å². The minimum atomic E-state index is -0.285. The lowest BCUT2D eigenvalue weighted by Gasteiger charge is -2.07. The van der Waals surface area contributed by atoms with Crippen molar-refractivity contribution in [3.8, 4) is 11.3 Å². The van der Waals surface area contributed by atoms with Gasteiger partial charge < -0.3 is 5.32 Å². The Balaban J connectivity index is 1.66. The first-order chi connectivity index (χ1) is 13.0. The van der Waals surface area contributed by atoms with E-state index in [0.29, 0.717) is 16.0 Å². The van der Waals surface area contributed by atoms with Crippen LogP contribution < -0.4 is 5.32 Å². The van der Waals surface area contributed by atoms with Crippen LogP contribution >= 0.6 is 15.9 Å². The Labute approximate surface area is 165 Å². The number of nitrogens with one attached hydrogen (secondary N) is 1. The number of anilines is 1. The standard InChI is InChI=1S/C21H17BrN4O/c1-13-7-3-5-9-15(13)18-12-19(26(2)25-18)24-21(27)20-16(22)11-14-8-4-6-10-17(14)23-20/h3-12H,1-2H3,(H,24,27). The molecule has 134 valence electrons. The first-order valence-electron chi connectivity index (χ1n) is 8.49. The molecule has 0 aliphatic heterocycles. The Kier molecular flexibility index (Phi) is 4.49. The van der Waals surface area contributed by atoms with Crippen molar-refractivity contribution in [1.82, 2.24) is 14.8 Å². The average Bonchev–Trinajstić information content (AvgIpc) is 3.01. The van der Waals surface area contributed by atoms with Crippen molar-refractivity contribution in [3.05, 3.63) is 76.4 Å². The Morgan fingerprint density at radius 3 is 2.63 bits per heavy atom. The van der Waals surface area contributed by atoms with Crippen LogP contribution in [0.4, 0.5) is 5.82 Å². The van der Waals surface area contributed by atoms with Crippen LogP contribution in [0.25, 0.3) is 22.2 Å². The summed E-state index contributed by atoms with van der Waals surface area (Å²) in [6.45, 7) is 2.04. The van der Waals surface area contributed by atoms with Crippen LogP contribution in [-0.4, -0.2) is 20.7 Å². The summed E-state index contributed by atoms with van der Waals surface area (Å²) >= 11 is 3.46. The number of carbonyl (C=O) groups is 1. The highest BCUT2D eigenvalue weighted by Gasteiger charge is 2.16. The first kappa shape index (κ1) is 17.4. The molecule has 0 saturated heterocycles. The summed E-state index contributed by atoms with van der Waals surface area (Å²) in [6, 6.07) is 19.5. The van der Waals surface area contributed by atoms with E-state index in [-0.39, 0.29) is 5.91 Å². The highest BCUT2D eigenvalue weighted by molar-refractivity contribution is 9.10. The summed E-state index contributed by atoms with van der Waals surface area (Å²) in [6.07, 6.45) is 0. The van der Waals surface area contributed by atoms with Gasteiger partial charge in [-0.2, -0.15) is 5.10 Å². The van der Waals surface area contributed by atoms with Gasteiger partial charge in [-0.15, -0.1) is 0 Å². The van der Waals surface area contributed by atoms with Gasteiger partial charge in [0.05, 0.1) is 11.2 Å². The second-order valence-electron chi connectivity index (χ2n) is 6.32. The number of nitrogens with zero attached hydrogens (tertiary/aromatic N) is 3. The van der Waals surface area contributed by atoms with E-state index in [1.807, 2.05) is 67.6 Å². The topological polar surface area (TPSA) is 59.8 Å². The lowest BCUT2D eigenvalue weighted by Crippen LogP contribution is -2.16. The summed E-state index contributed by atoms with van der Waals surface area (Å²) in [5.74, 6) is 0.326. The van der Waals surface area contributed by atoms with Gasteiger partial charge in [0.1, 0.15) is 11.5 Å².